The van der Waals surface area contributed by atoms with Crippen molar-refractivity contribution < 1.29 is 27.0 Å². The summed E-state index contributed by atoms with van der Waals surface area (Å²) in [5.74, 6) is -0.980. The second kappa shape index (κ2) is 8.15. The summed E-state index contributed by atoms with van der Waals surface area (Å²) < 4.78 is 47.9. The summed E-state index contributed by atoms with van der Waals surface area (Å²) in [6.07, 6.45) is -3.06. The summed E-state index contributed by atoms with van der Waals surface area (Å²) in [7, 11) is 0. The smallest absolute Gasteiger partial charge is 0.337 e. The van der Waals surface area contributed by atoms with E-state index in [2.05, 4.69) is 24.8 Å². The number of rotatable bonds is 4. The van der Waals surface area contributed by atoms with Crippen LogP contribution in [0.2, 0.25) is 0 Å². The molecule has 1 fully saturated rings. The van der Waals surface area contributed by atoms with Crippen LogP contribution in [0, 0.1) is 0 Å². The van der Waals surface area contributed by atoms with E-state index in [0.717, 1.165) is 5.56 Å². The van der Waals surface area contributed by atoms with E-state index in [1.165, 1.54) is 12.1 Å². The van der Waals surface area contributed by atoms with Gasteiger partial charge in [0.1, 0.15) is 6.04 Å². The summed E-state index contributed by atoms with van der Waals surface area (Å²) in [6, 6.07) is 15.2. The molecule has 0 aliphatic carbocycles. The monoisotopic (exact) mass is 455 g/mol. The van der Waals surface area contributed by atoms with E-state index in [1.807, 2.05) is 30.3 Å². The van der Waals surface area contributed by atoms with Gasteiger partial charge in [-0.3, -0.25) is 9.69 Å². The normalized spacial score (nSPS) is 16.9. The van der Waals surface area contributed by atoms with Gasteiger partial charge in [-0.1, -0.05) is 40.6 Å². The molecule has 1 aliphatic rings. The van der Waals surface area contributed by atoms with Gasteiger partial charge >= 0.3 is 12.1 Å². The van der Waals surface area contributed by atoms with Gasteiger partial charge in [0.25, 0.3) is 0 Å². The molecule has 1 atom stereocenters. The first kappa shape index (κ1) is 20.9. The fraction of sp³-hybridized carbons (Fsp3) is 0.227. The molecule has 0 bridgehead atoms. The molecule has 0 saturated carbocycles. The van der Waals surface area contributed by atoms with Gasteiger partial charge in [0.05, 0.1) is 0 Å². The molecule has 0 radical (unpaired) electrons. The Morgan fingerprint density at radius 1 is 0.879 bits per heavy atom. The van der Waals surface area contributed by atoms with Gasteiger partial charge in [0.2, 0.25) is 23.4 Å². The number of carbonyl (C=O) groups excluding carboxylic acids is 1. The Morgan fingerprint density at radius 3 is 2.24 bits per heavy atom. The molecule has 1 aliphatic heterocycles. The van der Waals surface area contributed by atoms with Crippen LogP contribution in [0.1, 0.15) is 37.1 Å². The van der Waals surface area contributed by atoms with Crippen LogP contribution in [0.25, 0.3) is 22.8 Å². The van der Waals surface area contributed by atoms with Gasteiger partial charge in [0.15, 0.2) is 0 Å². The maximum absolute atomic E-state index is 12.8. The predicted octanol–water partition coefficient (Wildman–Crippen LogP) is 5.06. The first-order valence-electron chi connectivity index (χ1n) is 10.1. The largest absolute Gasteiger partial charge is 0.471 e. The molecule has 4 aromatic rings. The Bertz CT molecular complexity index is 1270. The average molecular weight is 455 g/mol. The standard InChI is InChI=1S/C22H16F3N5O3/c23-22(24,25)21-27-19(29-33-21)14-9-11-15(12-10-14)30-16(7-4-8-17(30)31)20-26-18(28-32-20)13-5-2-1-3-6-13/h1-3,5-6,9-12,16H,4,7-8H2. The Kier molecular flexibility index (Phi) is 5.15. The molecule has 5 rings (SSSR count). The molecule has 168 valence electrons. The van der Waals surface area contributed by atoms with Gasteiger partial charge < -0.3 is 9.05 Å². The molecule has 3 heterocycles. The number of aromatic nitrogens is 4. The lowest BCUT2D eigenvalue weighted by molar-refractivity contribution is -0.159. The highest BCUT2D eigenvalue weighted by molar-refractivity contribution is 5.95. The highest BCUT2D eigenvalue weighted by Crippen LogP contribution is 2.37. The van der Waals surface area contributed by atoms with Crippen molar-refractivity contribution in [2.24, 2.45) is 0 Å². The third-order valence-corrected chi connectivity index (χ3v) is 5.28. The molecule has 8 nitrogen and oxygen atoms in total. The SMILES string of the molecule is O=C1CCCC(c2nc(-c3ccccc3)no2)N1c1ccc(-c2noc(C(F)(F)F)n2)cc1. The van der Waals surface area contributed by atoms with E-state index < -0.39 is 18.1 Å². The highest BCUT2D eigenvalue weighted by Gasteiger charge is 2.39. The van der Waals surface area contributed by atoms with Crippen molar-refractivity contribution in [2.75, 3.05) is 4.90 Å². The number of hydrogen-bond donors (Lipinski definition) is 0. The summed E-state index contributed by atoms with van der Waals surface area (Å²) in [6.45, 7) is 0. The van der Waals surface area contributed by atoms with E-state index in [1.54, 1.807) is 17.0 Å². The van der Waals surface area contributed by atoms with E-state index in [-0.39, 0.29) is 11.7 Å². The first-order chi connectivity index (χ1) is 15.9. The molecule has 1 amide bonds. The molecule has 1 unspecified atom stereocenters. The Balaban J connectivity index is 1.42. The van der Waals surface area contributed by atoms with Crippen molar-refractivity contribution >= 4 is 11.6 Å². The van der Waals surface area contributed by atoms with Crippen molar-refractivity contribution in [1.29, 1.82) is 0 Å². The maximum Gasteiger partial charge on any atom is 0.471 e. The molecular weight excluding hydrogens is 439 g/mol. The van der Waals surface area contributed by atoms with Crippen molar-refractivity contribution in [1.82, 2.24) is 20.3 Å². The lowest BCUT2D eigenvalue weighted by atomic mass is 10.00. The summed E-state index contributed by atoms with van der Waals surface area (Å²) in [5.41, 5.74) is 1.67. The van der Waals surface area contributed by atoms with Crippen molar-refractivity contribution in [3.63, 3.8) is 0 Å². The number of benzene rings is 2. The number of hydrogen-bond acceptors (Lipinski definition) is 7. The number of amides is 1. The first-order valence-corrected chi connectivity index (χ1v) is 10.1. The number of anilines is 1. The summed E-state index contributed by atoms with van der Waals surface area (Å²) >= 11 is 0. The summed E-state index contributed by atoms with van der Waals surface area (Å²) in [4.78, 5) is 22.3. The van der Waals surface area contributed by atoms with Crippen molar-refractivity contribution in [2.45, 2.75) is 31.5 Å². The predicted molar refractivity (Wildman–Crippen MR) is 109 cm³/mol. The number of halogens is 3. The maximum atomic E-state index is 12.8. The number of alkyl halides is 3. The van der Waals surface area contributed by atoms with E-state index in [4.69, 9.17) is 4.52 Å². The van der Waals surface area contributed by atoms with Gasteiger partial charge in [0, 0.05) is 23.2 Å². The third-order valence-electron chi connectivity index (χ3n) is 5.28. The van der Waals surface area contributed by atoms with Gasteiger partial charge in [-0.15, -0.1) is 0 Å². The van der Waals surface area contributed by atoms with Crippen LogP contribution in [0.4, 0.5) is 18.9 Å². The third kappa shape index (κ3) is 4.09. The van der Waals surface area contributed by atoms with Crippen LogP contribution in [-0.2, 0) is 11.0 Å². The zero-order valence-electron chi connectivity index (χ0n) is 17.0. The second-order valence-electron chi connectivity index (χ2n) is 7.46. The Hall–Kier alpha value is -4.02. The van der Waals surface area contributed by atoms with Crippen LogP contribution in [0.3, 0.4) is 0 Å². The lowest BCUT2D eigenvalue weighted by Gasteiger charge is -2.33. The van der Waals surface area contributed by atoms with Gasteiger partial charge in [-0.25, -0.2) is 0 Å². The van der Waals surface area contributed by atoms with Gasteiger partial charge in [-0.05, 0) is 37.1 Å². The van der Waals surface area contributed by atoms with E-state index in [0.29, 0.717) is 42.2 Å². The van der Waals surface area contributed by atoms with Crippen LogP contribution < -0.4 is 4.90 Å². The number of piperidine rings is 1. The molecule has 2 aromatic carbocycles. The fourth-order valence-electron chi connectivity index (χ4n) is 3.73. The quantitative estimate of drug-likeness (QED) is 0.424. The van der Waals surface area contributed by atoms with Crippen LogP contribution in [0.15, 0.2) is 63.6 Å². The molecule has 33 heavy (non-hydrogen) atoms. The van der Waals surface area contributed by atoms with Crippen LogP contribution in [-0.4, -0.2) is 26.2 Å². The lowest BCUT2D eigenvalue weighted by Crippen LogP contribution is -2.38. The van der Waals surface area contributed by atoms with Crippen molar-refractivity contribution in [3.8, 4) is 22.8 Å². The van der Waals surface area contributed by atoms with E-state index in [9.17, 15) is 18.0 Å². The molecule has 0 N–H and O–H groups in total. The Morgan fingerprint density at radius 2 is 1.55 bits per heavy atom. The summed E-state index contributed by atoms with van der Waals surface area (Å²) in [5, 5.41) is 7.43. The Labute approximate surface area is 185 Å². The van der Waals surface area contributed by atoms with Gasteiger partial charge in [-0.2, -0.15) is 23.1 Å². The minimum Gasteiger partial charge on any atom is -0.337 e. The fourth-order valence-corrected chi connectivity index (χ4v) is 3.73. The zero-order valence-corrected chi connectivity index (χ0v) is 17.0. The van der Waals surface area contributed by atoms with Crippen LogP contribution >= 0.6 is 0 Å². The molecule has 0 spiro atoms. The highest BCUT2D eigenvalue weighted by atomic mass is 19.4. The molecule has 11 heteroatoms. The topological polar surface area (TPSA) is 98.2 Å². The van der Waals surface area contributed by atoms with Crippen molar-refractivity contribution in [3.05, 3.63) is 66.4 Å². The molecule has 1 saturated heterocycles. The minimum absolute atomic E-state index is 0.114. The molecular formula is C22H16F3N5O3. The van der Waals surface area contributed by atoms with Crippen LogP contribution in [0.5, 0.6) is 0 Å². The zero-order chi connectivity index (χ0) is 23.0. The minimum atomic E-state index is -4.72. The average Bonchev–Trinajstić information content (AvgIpc) is 3.50. The number of carbonyl (C=O) groups is 1. The second-order valence-corrected chi connectivity index (χ2v) is 7.46. The molecule has 2 aromatic heterocycles. The van der Waals surface area contributed by atoms with E-state index >= 15 is 0 Å². The number of nitrogens with zero attached hydrogens (tertiary/aromatic N) is 5.